The molecule has 1 atom stereocenters. The van der Waals surface area contributed by atoms with Crippen LogP contribution in [0.2, 0.25) is 0 Å². The number of ether oxygens (including phenoxy) is 1. The second-order valence-electron chi connectivity index (χ2n) is 6.47. The van der Waals surface area contributed by atoms with Crippen molar-refractivity contribution in [2.75, 3.05) is 13.2 Å². The van der Waals surface area contributed by atoms with Crippen molar-refractivity contribution < 1.29 is 23.8 Å². The molecule has 0 spiro atoms. The first-order chi connectivity index (χ1) is 14.9. The predicted molar refractivity (Wildman–Crippen MR) is 105 cm³/mol. The average Bonchev–Trinajstić information content (AvgIpc) is 3.24. The summed E-state index contributed by atoms with van der Waals surface area (Å²) < 4.78 is 18.4. The number of pyridine rings is 1. The summed E-state index contributed by atoms with van der Waals surface area (Å²) in [7, 11) is 0. The lowest BCUT2D eigenvalue weighted by atomic mass is 10.2. The highest BCUT2D eigenvalue weighted by molar-refractivity contribution is 5.93. The van der Waals surface area contributed by atoms with E-state index in [9.17, 15) is 14.0 Å². The van der Waals surface area contributed by atoms with Crippen molar-refractivity contribution in [3.05, 3.63) is 59.7 Å². The summed E-state index contributed by atoms with van der Waals surface area (Å²) in [6.45, 7) is 0.421. The minimum atomic E-state index is -1.14. The van der Waals surface area contributed by atoms with E-state index < -0.39 is 17.9 Å². The number of hydrogen-bond donors (Lipinski definition) is 3. The molecule has 0 saturated carbocycles. The Bertz CT molecular complexity index is 1060. The van der Waals surface area contributed by atoms with E-state index in [2.05, 4.69) is 25.7 Å². The Hall–Kier alpha value is -3.77. The van der Waals surface area contributed by atoms with E-state index in [1.807, 2.05) is 0 Å². The van der Waals surface area contributed by atoms with Crippen LogP contribution in [0.4, 0.5) is 4.39 Å². The van der Waals surface area contributed by atoms with Crippen LogP contribution in [-0.2, 0) is 22.6 Å². The largest absolute Gasteiger partial charge is 0.480 e. The fraction of sp³-hybridized carbons (Fsp3) is 0.263. The van der Waals surface area contributed by atoms with E-state index in [4.69, 9.17) is 15.6 Å². The molecule has 11 nitrogen and oxygen atoms in total. The standard InChI is InChI=1S/C19H20FN7O4/c20-14-3-1-2-12(8-14)10-23-18(28)16-9-13(4-5-22-16)17-24-26-27(25-17)6-7-31-11-15(21)19(29)30/h1-5,8-9,15H,6-7,10-11,21H2,(H,23,28)(H,29,30). The SMILES string of the molecule is NC(COCCn1nnc(-c2ccnc(C(=O)NCc3cccc(F)c3)c2)n1)C(=O)O. The normalized spacial score (nSPS) is 11.8. The number of aliphatic carboxylic acids is 1. The van der Waals surface area contributed by atoms with E-state index in [0.717, 1.165) is 0 Å². The summed E-state index contributed by atoms with van der Waals surface area (Å²) in [4.78, 5) is 28.3. The number of benzene rings is 1. The van der Waals surface area contributed by atoms with E-state index in [1.165, 1.54) is 29.2 Å². The second-order valence-corrected chi connectivity index (χ2v) is 6.47. The maximum Gasteiger partial charge on any atom is 0.322 e. The molecule has 1 amide bonds. The van der Waals surface area contributed by atoms with Gasteiger partial charge in [0.25, 0.3) is 5.91 Å². The molecule has 0 fully saturated rings. The minimum Gasteiger partial charge on any atom is -0.480 e. The molecule has 2 aromatic heterocycles. The van der Waals surface area contributed by atoms with Gasteiger partial charge in [-0.3, -0.25) is 14.6 Å². The summed E-state index contributed by atoms with van der Waals surface area (Å²) in [6, 6.07) is 7.99. The third-order valence-electron chi connectivity index (χ3n) is 4.10. The number of hydrogen-bond acceptors (Lipinski definition) is 8. The van der Waals surface area contributed by atoms with Gasteiger partial charge in [0, 0.05) is 18.3 Å². The third kappa shape index (κ3) is 6.35. The van der Waals surface area contributed by atoms with Gasteiger partial charge in [-0.05, 0) is 35.0 Å². The average molecular weight is 429 g/mol. The Morgan fingerprint density at radius 2 is 2.13 bits per heavy atom. The highest BCUT2D eigenvalue weighted by atomic mass is 19.1. The van der Waals surface area contributed by atoms with Crippen molar-refractivity contribution in [1.29, 1.82) is 0 Å². The summed E-state index contributed by atoms with van der Waals surface area (Å²) in [6.07, 6.45) is 1.45. The lowest BCUT2D eigenvalue weighted by Crippen LogP contribution is -2.35. The zero-order valence-corrected chi connectivity index (χ0v) is 16.3. The Labute approximate surface area is 176 Å². The van der Waals surface area contributed by atoms with Crippen molar-refractivity contribution in [2.45, 2.75) is 19.1 Å². The van der Waals surface area contributed by atoms with E-state index in [-0.39, 0.29) is 43.6 Å². The van der Waals surface area contributed by atoms with Crippen molar-refractivity contribution >= 4 is 11.9 Å². The van der Waals surface area contributed by atoms with Crippen molar-refractivity contribution in [3.8, 4) is 11.4 Å². The quantitative estimate of drug-likeness (QED) is 0.384. The maximum atomic E-state index is 13.2. The molecule has 3 rings (SSSR count). The lowest BCUT2D eigenvalue weighted by molar-refractivity contribution is -0.140. The number of tetrazole rings is 1. The Morgan fingerprint density at radius 1 is 1.29 bits per heavy atom. The van der Waals surface area contributed by atoms with Crippen LogP contribution >= 0.6 is 0 Å². The molecule has 1 unspecified atom stereocenters. The van der Waals surface area contributed by atoms with Gasteiger partial charge in [-0.2, -0.15) is 4.80 Å². The van der Waals surface area contributed by atoms with Crippen LogP contribution in [0.15, 0.2) is 42.6 Å². The van der Waals surface area contributed by atoms with Gasteiger partial charge in [-0.15, -0.1) is 10.2 Å². The summed E-state index contributed by atoms with van der Waals surface area (Å²) in [5, 5.41) is 23.4. The first kappa shape index (κ1) is 21.9. The van der Waals surface area contributed by atoms with E-state index in [1.54, 1.807) is 18.2 Å². The number of nitrogens with two attached hydrogens (primary N) is 1. The van der Waals surface area contributed by atoms with Gasteiger partial charge >= 0.3 is 5.97 Å². The number of halogens is 1. The Balaban J connectivity index is 1.56. The smallest absolute Gasteiger partial charge is 0.322 e. The van der Waals surface area contributed by atoms with Gasteiger partial charge in [-0.1, -0.05) is 12.1 Å². The molecule has 31 heavy (non-hydrogen) atoms. The molecule has 0 aliphatic heterocycles. The fourth-order valence-corrected chi connectivity index (χ4v) is 2.49. The molecule has 4 N–H and O–H groups in total. The molecule has 0 aliphatic rings. The Kier molecular flexibility index (Phi) is 7.30. The molecular formula is C19H20FN7O4. The Morgan fingerprint density at radius 3 is 2.90 bits per heavy atom. The van der Waals surface area contributed by atoms with Crippen LogP contribution in [0.5, 0.6) is 0 Å². The molecule has 0 bridgehead atoms. The van der Waals surface area contributed by atoms with Crippen molar-refractivity contribution in [1.82, 2.24) is 30.5 Å². The summed E-state index contributed by atoms with van der Waals surface area (Å²) in [5.41, 5.74) is 6.65. The van der Waals surface area contributed by atoms with Gasteiger partial charge < -0.3 is 20.9 Å². The van der Waals surface area contributed by atoms with Gasteiger partial charge in [-0.25, -0.2) is 4.39 Å². The monoisotopic (exact) mass is 429 g/mol. The van der Waals surface area contributed by atoms with Gasteiger partial charge in [0.15, 0.2) is 0 Å². The zero-order valence-electron chi connectivity index (χ0n) is 16.3. The van der Waals surface area contributed by atoms with Gasteiger partial charge in [0.2, 0.25) is 5.82 Å². The number of rotatable bonds is 10. The number of amides is 1. The van der Waals surface area contributed by atoms with Crippen molar-refractivity contribution in [3.63, 3.8) is 0 Å². The first-order valence-electron chi connectivity index (χ1n) is 9.25. The summed E-state index contributed by atoms with van der Waals surface area (Å²) in [5.74, 6) is -1.67. The summed E-state index contributed by atoms with van der Waals surface area (Å²) >= 11 is 0. The van der Waals surface area contributed by atoms with Crippen LogP contribution in [0.1, 0.15) is 16.1 Å². The van der Waals surface area contributed by atoms with Gasteiger partial charge in [0.05, 0.1) is 19.8 Å². The number of nitrogens with one attached hydrogen (secondary N) is 1. The molecule has 2 heterocycles. The van der Waals surface area contributed by atoms with Crippen LogP contribution in [-0.4, -0.2) is 61.4 Å². The molecule has 12 heteroatoms. The minimum absolute atomic E-state index is 0.130. The molecule has 1 aromatic carbocycles. The molecule has 3 aromatic rings. The van der Waals surface area contributed by atoms with Crippen molar-refractivity contribution in [2.24, 2.45) is 5.73 Å². The number of nitrogens with zero attached hydrogens (tertiary/aromatic N) is 5. The third-order valence-corrected chi connectivity index (χ3v) is 4.10. The van der Waals surface area contributed by atoms with Crippen LogP contribution in [0.25, 0.3) is 11.4 Å². The van der Waals surface area contributed by atoms with E-state index >= 15 is 0 Å². The highest BCUT2D eigenvalue weighted by Crippen LogP contribution is 2.14. The number of aromatic nitrogens is 5. The van der Waals surface area contributed by atoms with Crippen LogP contribution < -0.4 is 11.1 Å². The molecule has 0 aliphatic carbocycles. The predicted octanol–water partition coefficient (Wildman–Crippen LogP) is 0.233. The number of carbonyl (C=O) groups excluding carboxylic acids is 1. The number of carboxylic acid groups (broad SMARTS) is 1. The molecule has 0 radical (unpaired) electrons. The van der Waals surface area contributed by atoms with Crippen LogP contribution in [0.3, 0.4) is 0 Å². The number of carboxylic acids is 1. The zero-order chi connectivity index (χ0) is 22.2. The fourth-order valence-electron chi connectivity index (χ4n) is 2.49. The molecule has 0 saturated heterocycles. The topological polar surface area (TPSA) is 158 Å². The van der Waals surface area contributed by atoms with Gasteiger partial charge in [0.1, 0.15) is 17.6 Å². The highest BCUT2D eigenvalue weighted by Gasteiger charge is 2.13. The maximum absolute atomic E-state index is 13.2. The van der Waals surface area contributed by atoms with Crippen LogP contribution in [0, 0.1) is 5.82 Å². The lowest BCUT2D eigenvalue weighted by Gasteiger charge is -2.06. The van der Waals surface area contributed by atoms with E-state index in [0.29, 0.717) is 11.1 Å². The second kappa shape index (κ2) is 10.3. The number of carbonyl (C=O) groups is 2. The molecule has 162 valence electrons. The first-order valence-corrected chi connectivity index (χ1v) is 9.25. The molecular weight excluding hydrogens is 409 g/mol.